The normalized spacial score (nSPS) is 11.9. The van der Waals surface area contributed by atoms with Crippen LogP contribution in [0.1, 0.15) is 31.1 Å². The Morgan fingerprint density at radius 1 is 1.28 bits per heavy atom. The lowest BCUT2D eigenvalue weighted by atomic mass is 10.2. The van der Waals surface area contributed by atoms with Crippen LogP contribution in [0.3, 0.4) is 0 Å². The minimum atomic E-state index is -0.0652. The van der Waals surface area contributed by atoms with Gasteiger partial charge in [0.15, 0.2) is 0 Å². The van der Waals surface area contributed by atoms with Crippen molar-refractivity contribution in [2.45, 2.75) is 26.9 Å². The Labute approximate surface area is 109 Å². The van der Waals surface area contributed by atoms with Gasteiger partial charge in [-0.1, -0.05) is 0 Å². The molecule has 4 heteroatoms. The Hall–Kier alpha value is -1.55. The van der Waals surface area contributed by atoms with E-state index in [2.05, 4.69) is 10.6 Å². The molecule has 0 heterocycles. The topological polar surface area (TPSA) is 50.4 Å². The first-order chi connectivity index (χ1) is 8.67. The van der Waals surface area contributed by atoms with Crippen molar-refractivity contribution in [2.75, 3.05) is 25.0 Å². The third-order valence-electron chi connectivity index (χ3n) is 2.53. The van der Waals surface area contributed by atoms with Crippen LogP contribution in [-0.2, 0) is 4.74 Å². The molecule has 2 N–H and O–H groups in total. The molecule has 0 aromatic heterocycles. The number of carbonyl (C=O) groups is 1. The smallest absolute Gasteiger partial charge is 0.251 e. The van der Waals surface area contributed by atoms with E-state index < -0.39 is 0 Å². The summed E-state index contributed by atoms with van der Waals surface area (Å²) in [7, 11) is 0. The zero-order valence-corrected chi connectivity index (χ0v) is 11.3. The van der Waals surface area contributed by atoms with Gasteiger partial charge in [0, 0.05) is 30.9 Å². The van der Waals surface area contributed by atoms with E-state index in [0.717, 1.165) is 12.2 Å². The maximum atomic E-state index is 11.8. The maximum absolute atomic E-state index is 11.8. The highest BCUT2D eigenvalue weighted by molar-refractivity contribution is 5.94. The fourth-order valence-corrected chi connectivity index (χ4v) is 1.63. The van der Waals surface area contributed by atoms with Gasteiger partial charge in [0.2, 0.25) is 0 Å². The van der Waals surface area contributed by atoms with Crippen molar-refractivity contribution in [3.63, 3.8) is 0 Å². The van der Waals surface area contributed by atoms with E-state index in [-0.39, 0.29) is 12.0 Å². The molecule has 0 saturated carbocycles. The molecule has 100 valence electrons. The molecule has 4 nitrogen and oxygen atoms in total. The lowest BCUT2D eigenvalue weighted by molar-refractivity contribution is 0.0695. The minimum Gasteiger partial charge on any atom is -0.385 e. The van der Waals surface area contributed by atoms with Crippen LogP contribution >= 0.6 is 0 Å². The number of hydrogen-bond acceptors (Lipinski definition) is 3. The van der Waals surface area contributed by atoms with E-state index in [0.29, 0.717) is 18.7 Å². The number of hydrogen-bond donors (Lipinski definition) is 2. The Morgan fingerprint density at radius 2 is 1.94 bits per heavy atom. The predicted molar refractivity (Wildman–Crippen MR) is 74.0 cm³/mol. The first-order valence-corrected chi connectivity index (χ1v) is 6.41. The predicted octanol–water partition coefficient (Wildman–Crippen LogP) is 2.27. The highest BCUT2D eigenvalue weighted by Gasteiger charge is 2.07. The molecule has 0 fully saturated rings. The van der Waals surface area contributed by atoms with Crippen LogP contribution in [0.5, 0.6) is 0 Å². The van der Waals surface area contributed by atoms with Gasteiger partial charge in [0.05, 0.1) is 6.10 Å². The molecule has 0 saturated heterocycles. The van der Waals surface area contributed by atoms with Crippen LogP contribution < -0.4 is 10.6 Å². The molecular weight excluding hydrogens is 228 g/mol. The van der Waals surface area contributed by atoms with E-state index in [1.54, 1.807) is 0 Å². The second-order valence-corrected chi connectivity index (χ2v) is 4.08. The van der Waals surface area contributed by atoms with Crippen LogP contribution in [0.4, 0.5) is 5.69 Å². The summed E-state index contributed by atoms with van der Waals surface area (Å²) in [5.41, 5.74) is 1.69. The van der Waals surface area contributed by atoms with Crippen LogP contribution in [-0.4, -0.2) is 31.7 Å². The van der Waals surface area contributed by atoms with Crippen molar-refractivity contribution in [1.29, 1.82) is 0 Å². The van der Waals surface area contributed by atoms with Gasteiger partial charge < -0.3 is 15.4 Å². The van der Waals surface area contributed by atoms with Crippen LogP contribution in [0.2, 0.25) is 0 Å². The van der Waals surface area contributed by atoms with E-state index in [4.69, 9.17) is 4.74 Å². The first kappa shape index (κ1) is 14.5. The molecule has 0 aliphatic rings. The molecule has 1 atom stereocenters. The fourth-order valence-electron chi connectivity index (χ4n) is 1.63. The Balaban J connectivity index is 2.46. The lowest BCUT2D eigenvalue weighted by Gasteiger charge is -2.12. The molecule has 0 bridgehead atoms. The number of nitrogens with one attached hydrogen (secondary N) is 2. The Bertz CT molecular complexity index is 363. The molecule has 0 aliphatic carbocycles. The van der Waals surface area contributed by atoms with E-state index in [1.165, 1.54) is 0 Å². The van der Waals surface area contributed by atoms with Gasteiger partial charge in [-0.15, -0.1) is 0 Å². The molecular formula is C14H22N2O2. The van der Waals surface area contributed by atoms with Crippen molar-refractivity contribution in [2.24, 2.45) is 0 Å². The van der Waals surface area contributed by atoms with Crippen molar-refractivity contribution in [1.82, 2.24) is 5.32 Å². The summed E-state index contributed by atoms with van der Waals surface area (Å²) >= 11 is 0. The van der Waals surface area contributed by atoms with Crippen molar-refractivity contribution in [3.8, 4) is 0 Å². The Kier molecular flexibility index (Phi) is 6.22. The SMILES string of the molecule is CCNc1ccc(C(=O)NCC(C)OCC)cc1. The minimum absolute atomic E-state index is 0.0416. The monoisotopic (exact) mass is 250 g/mol. The summed E-state index contributed by atoms with van der Waals surface area (Å²) in [5, 5.41) is 6.04. The zero-order valence-electron chi connectivity index (χ0n) is 11.3. The van der Waals surface area contributed by atoms with Gasteiger partial charge in [-0.25, -0.2) is 0 Å². The highest BCUT2D eigenvalue weighted by Crippen LogP contribution is 2.09. The summed E-state index contributed by atoms with van der Waals surface area (Å²) in [6, 6.07) is 7.45. The van der Waals surface area contributed by atoms with E-state index in [9.17, 15) is 4.79 Å². The quantitative estimate of drug-likeness (QED) is 0.780. The summed E-state index contributed by atoms with van der Waals surface area (Å²) < 4.78 is 5.35. The molecule has 1 amide bonds. The summed E-state index contributed by atoms with van der Waals surface area (Å²) in [5.74, 6) is -0.0652. The molecule has 1 aromatic rings. The summed E-state index contributed by atoms with van der Waals surface area (Å²) in [4.78, 5) is 11.8. The van der Waals surface area contributed by atoms with E-state index in [1.807, 2.05) is 45.0 Å². The molecule has 1 unspecified atom stereocenters. The molecule has 1 rings (SSSR count). The van der Waals surface area contributed by atoms with Crippen molar-refractivity contribution >= 4 is 11.6 Å². The third-order valence-corrected chi connectivity index (χ3v) is 2.53. The van der Waals surface area contributed by atoms with Gasteiger partial charge in [0.1, 0.15) is 0 Å². The molecule has 18 heavy (non-hydrogen) atoms. The average molecular weight is 250 g/mol. The van der Waals surface area contributed by atoms with Gasteiger partial charge >= 0.3 is 0 Å². The van der Waals surface area contributed by atoms with Crippen LogP contribution in [0, 0.1) is 0 Å². The van der Waals surface area contributed by atoms with Crippen LogP contribution in [0.25, 0.3) is 0 Å². The van der Waals surface area contributed by atoms with Gasteiger partial charge in [0.25, 0.3) is 5.91 Å². The van der Waals surface area contributed by atoms with Crippen LogP contribution in [0.15, 0.2) is 24.3 Å². The Morgan fingerprint density at radius 3 is 2.50 bits per heavy atom. The van der Waals surface area contributed by atoms with Crippen molar-refractivity contribution < 1.29 is 9.53 Å². The number of rotatable bonds is 7. The number of ether oxygens (including phenoxy) is 1. The molecule has 0 spiro atoms. The van der Waals surface area contributed by atoms with E-state index >= 15 is 0 Å². The zero-order chi connectivity index (χ0) is 13.4. The third kappa shape index (κ3) is 4.75. The number of anilines is 1. The maximum Gasteiger partial charge on any atom is 0.251 e. The van der Waals surface area contributed by atoms with Crippen molar-refractivity contribution in [3.05, 3.63) is 29.8 Å². The summed E-state index contributed by atoms with van der Waals surface area (Å²) in [6.45, 7) is 7.99. The number of amides is 1. The average Bonchev–Trinajstić information content (AvgIpc) is 2.37. The van der Waals surface area contributed by atoms with Gasteiger partial charge in [-0.05, 0) is 45.0 Å². The molecule has 0 aliphatic heterocycles. The fraction of sp³-hybridized carbons (Fsp3) is 0.500. The second-order valence-electron chi connectivity index (χ2n) is 4.08. The molecule has 0 radical (unpaired) electrons. The largest absolute Gasteiger partial charge is 0.385 e. The first-order valence-electron chi connectivity index (χ1n) is 6.41. The highest BCUT2D eigenvalue weighted by atomic mass is 16.5. The lowest BCUT2D eigenvalue weighted by Crippen LogP contribution is -2.32. The number of carbonyl (C=O) groups excluding carboxylic acids is 1. The standard InChI is InChI=1S/C14H22N2O2/c1-4-15-13-8-6-12(7-9-13)14(17)16-10-11(3)18-5-2/h6-9,11,15H,4-5,10H2,1-3H3,(H,16,17). The van der Waals surface area contributed by atoms with Gasteiger partial charge in [-0.3, -0.25) is 4.79 Å². The number of benzene rings is 1. The second kappa shape index (κ2) is 7.71. The van der Waals surface area contributed by atoms with Gasteiger partial charge in [-0.2, -0.15) is 0 Å². The molecule has 1 aromatic carbocycles. The summed E-state index contributed by atoms with van der Waals surface area (Å²) in [6.07, 6.45) is 0.0416.